The minimum atomic E-state index is -0.787. The zero-order valence-corrected chi connectivity index (χ0v) is 15.2. The van der Waals surface area contributed by atoms with Crippen molar-refractivity contribution in [1.29, 1.82) is 0 Å². The molecule has 1 saturated heterocycles. The maximum atomic E-state index is 12.7. The van der Waals surface area contributed by atoms with Gasteiger partial charge in [0.2, 0.25) is 5.91 Å². The van der Waals surface area contributed by atoms with Gasteiger partial charge in [-0.1, -0.05) is 23.2 Å². The zero-order chi connectivity index (χ0) is 17.9. The molecule has 0 bridgehead atoms. The highest BCUT2D eigenvalue weighted by atomic mass is 35.5. The van der Waals surface area contributed by atoms with Crippen molar-refractivity contribution in [1.82, 2.24) is 10.6 Å². The van der Waals surface area contributed by atoms with E-state index in [-0.39, 0.29) is 24.6 Å². The SMILES string of the molecule is CCOC(=O)C1NC(C)C(C)NC1C(=O)Nc1cc(Cl)ccc1Cl. The number of hydrogen-bond donors (Lipinski definition) is 3. The molecule has 0 aliphatic carbocycles. The van der Waals surface area contributed by atoms with Gasteiger partial charge in [0.25, 0.3) is 0 Å². The predicted octanol–water partition coefficient (Wildman–Crippen LogP) is 2.20. The van der Waals surface area contributed by atoms with Crippen molar-refractivity contribution in [3.05, 3.63) is 28.2 Å². The highest BCUT2D eigenvalue weighted by Gasteiger charge is 2.41. The van der Waals surface area contributed by atoms with E-state index in [4.69, 9.17) is 27.9 Å². The molecule has 0 spiro atoms. The monoisotopic (exact) mass is 373 g/mol. The number of nitrogens with one attached hydrogen (secondary N) is 3. The predicted molar refractivity (Wildman–Crippen MR) is 94.5 cm³/mol. The van der Waals surface area contributed by atoms with Crippen molar-refractivity contribution in [3.63, 3.8) is 0 Å². The third-order valence-corrected chi connectivity index (χ3v) is 4.54. The largest absolute Gasteiger partial charge is 0.465 e. The first-order valence-corrected chi connectivity index (χ1v) is 8.53. The number of carbonyl (C=O) groups is 2. The number of amides is 1. The quantitative estimate of drug-likeness (QED) is 0.705. The van der Waals surface area contributed by atoms with Crippen molar-refractivity contribution >= 4 is 40.8 Å². The second kappa shape index (κ2) is 8.16. The summed E-state index contributed by atoms with van der Waals surface area (Å²) in [7, 11) is 0. The molecule has 24 heavy (non-hydrogen) atoms. The molecule has 6 nitrogen and oxygen atoms in total. The molecule has 0 saturated carbocycles. The van der Waals surface area contributed by atoms with Crippen LogP contribution in [0.5, 0.6) is 0 Å². The Morgan fingerprint density at radius 3 is 2.42 bits per heavy atom. The van der Waals surface area contributed by atoms with Gasteiger partial charge >= 0.3 is 5.97 Å². The highest BCUT2D eigenvalue weighted by molar-refractivity contribution is 6.35. The molecule has 1 fully saturated rings. The highest BCUT2D eigenvalue weighted by Crippen LogP contribution is 2.26. The van der Waals surface area contributed by atoms with Crippen LogP contribution in [0.4, 0.5) is 5.69 Å². The Labute approximate surface area is 151 Å². The number of benzene rings is 1. The van der Waals surface area contributed by atoms with Crippen LogP contribution in [-0.2, 0) is 14.3 Å². The number of piperazine rings is 1. The third kappa shape index (κ3) is 4.39. The minimum absolute atomic E-state index is 0.00117. The van der Waals surface area contributed by atoms with Gasteiger partial charge in [0, 0.05) is 17.1 Å². The van der Waals surface area contributed by atoms with Gasteiger partial charge < -0.3 is 10.1 Å². The summed E-state index contributed by atoms with van der Waals surface area (Å²) in [5.74, 6) is -0.857. The van der Waals surface area contributed by atoms with Crippen LogP contribution in [-0.4, -0.2) is 42.7 Å². The summed E-state index contributed by atoms with van der Waals surface area (Å²) in [6.07, 6.45) is 0. The van der Waals surface area contributed by atoms with E-state index in [9.17, 15) is 9.59 Å². The molecule has 4 unspecified atom stereocenters. The fourth-order valence-electron chi connectivity index (χ4n) is 2.51. The van der Waals surface area contributed by atoms with Crippen LogP contribution in [0.2, 0.25) is 10.0 Å². The Kier molecular flexibility index (Phi) is 6.46. The number of carbonyl (C=O) groups excluding carboxylic acids is 2. The lowest BCUT2D eigenvalue weighted by molar-refractivity contribution is -0.149. The van der Waals surface area contributed by atoms with Gasteiger partial charge in [0.15, 0.2) is 0 Å². The molecular formula is C16H21Cl2N3O3. The molecular weight excluding hydrogens is 353 g/mol. The van der Waals surface area contributed by atoms with Gasteiger partial charge in [-0.05, 0) is 39.0 Å². The maximum absolute atomic E-state index is 12.7. The van der Waals surface area contributed by atoms with E-state index in [0.29, 0.717) is 15.7 Å². The molecule has 0 aromatic heterocycles. The summed E-state index contributed by atoms with van der Waals surface area (Å²) >= 11 is 12.0. The fraction of sp³-hybridized carbons (Fsp3) is 0.500. The lowest BCUT2D eigenvalue weighted by Gasteiger charge is -2.39. The molecule has 1 amide bonds. The van der Waals surface area contributed by atoms with E-state index in [1.54, 1.807) is 25.1 Å². The van der Waals surface area contributed by atoms with Crippen molar-refractivity contribution < 1.29 is 14.3 Å². The van der Waals surface area contributed by atoms with Gasteiger partial charge in [-0.2, -0.15) is 0 Å². The number of anilines is 1. The van der Waals surface area contributed by atoms with Gasteiger partial charge in [0.05, 0.1) is 17.3 Å². The second-order valence-corrected chi connectivity index (χ2v) is 6.58. The fourth-order valence-corrected chi connectivity index (χ4v) is 2.85. The van der Waals surface area contributed by atoms with Crippen molar-refractivity contribution in [2.24, 2.45) is 0 Å². The van der Waals surface area contributed by atoms with E-state index in [1.165, 1.54) is 0 Å². The van der Waals surface area contributed by atoms with Crippen molar-refractivity contribution in [3.8, 4) is 0 Å². The number of esters is 1. The molecule has 0 radical (unpaired) electrons. The number of rotatable bonds is 4. The van der Waals surface area contributed by atoms with Crippen LogP contribution in [0.15, 0.2) is 18.2 Å². The van der Waals surface area contributed by atoms with Crippen LogP contribution in [0.1, 0.15) is 20.8 Å². The zero-order valence-electron chi connectivity index (χ0n) is 13.7. The molecule has 1 heterocycles. The summed E-state index contributed by atoms with van der Waals surface area (Å²) in [5, 5.41) is 9.83. The van der Waals surface area contributed by atoms with Gasteiger partial charge in [-0.15, -0.1) is 0 Å². The first-order chi connectivity index (χ1) is 11.3. The summed E-state index contributed by atoms with van der Waals surface area (Å²) in [4.78, 5) is 24.9. The van der Waals surface area contributed by atoms with E-state index < -0.39 is 18.1 Å². The smallest absolute Gasteiger partial charge is 0.325 e. The van der Waals surface area contributed by atoms with Crippen molar-refractivity contribution in [2.75, 3.05) is 11.9 Å². The molecule has 132 valence electrons. The lowest BCUT2D eigenvalue weighted by Crippen LogP contribution is -2.69. The van der Waals surface area contributed by atoms with Gasteiger partial charge in [-0.25, -0.2) is 0 Å². The van der Waals surface area contributed by atoms with E-state index in [1.807, 2.05) is 13.8 Å². The minimum Gasteiger partial charge on any atom is -0.465 e. The lowest BCUT2D eigenvalue weighted by atomic mass is 9.97. The Morgan fingerprint density at radius 1 is 1.17 bits per heavy atom. The summed E-state index contributed by atoms with van der Waals surface area (Å²) in [5.41, 5.74) is 0.393. The average Bonchev–Trinajstić information content (AvgIpc) is 2.53. The maximum Gasteiger partial charge on any atom is 0.325 e. The van der Waals surface area contributed by atoms with Crippen LogP contribution in [0.3, 0.4) is 0 Å². The Hall–Kier alpha value is -1.34. The Morgan fingerprint density at radius 2 is 1.79 bits per heavy atom. The molecule has 1 aliphatic rings. The van der Waals surface area contributed by atoms with Gasteiger partial charge in [0.1, 0.15) is 12.1 Å². The van der Waals surface area contributed by atoms with Crippen LogP contribution >= 0.6 is 23.2 Å². The standard InChI is InChI=1S/C16H21Cl2N3O3/c1-4-24-16(23)14-13(19-8(2)9(3)20-14)15(22)21-12-7-10(17)5-6-11(12)18/h5-9,13-14,19-20H,4H2,1-3H3,(H,21,22). The molecule has 2 rings (SSSR count). The van der Waals surface area contributed by atoms with Gasteiger partial charge in [-0.3, -0.25) is 20.2 Å². The normalized spacial score (nSPS) is 26.7. The van der Waals surface area contributed by atoms with Crippen LogP contribution in [0, 0.1) is 0 Å². The van der Waals surface area contributed by atoms with E-state index >= 15 is 0 Å². The molecule has 8 heteroatoms. The number of halogens is 2. The molecule has 1 aromatic rings. The summed E-state index contributed by atoms with van der Waals surface area (Å²) in [6.45, 7) is 5.84. The topological polar surface area (TPSA) is 79.5 Å². The molecule has 1 aromatic carbocycles. The van der Waals surface area contributed by atoms with E-state index in [0.717, 1.165) is 0 Å². The first kappa shape index (κ1) is 19.0. The number of ether oxygens (including phenoxy) is 1. The molecule has 1 aliphatic heterocycles. The second-order valence-electron chi connectivity index (χ2n) is 5.73. The summed E-state index contributed by atoms with van der Waals surface area (Å²) in [6, 6.07) is 3.23. The molecule has 3 N–H and O–H groups in total. The summed E-state index contributed by atoms with van der Waals surface area (Å²) < 4.78 is 5.07. The third-order valence-electron chi connectivity index (χ3n) is 3.98. The van der Waals surface area contributed by atoms with Crippen molar-refractivity contribution in [2.45, 2.75) is 44.9 Å². The van der Waals surface area contributed by atoms with Crippen LogP contribution in [0.25, 0.3) is 0 Å². The Balaban J connectivity index is 2.19. The molecule has 4 atom stereocenters. The van der Waals surface area contributed by atoms with Crippen LogP contribution < -0.4 is 16.0 Å². The van der Waals surface area contributed by atoms with E-state index in [2.05, 4.69) is 16.0 Å². The average molecular weight is 374 g/mol. The Bertz CT molecular complexity index is 627. The number of hydrogen-bond acceptors (Lipinski definition) is 5. The first-order valence-electron chi connectivity index (χ1n) is 7.78.